The Bertz CT molecular complexity index is 398. The number of nitrogens with two attached hydrogens (primary N) is 1. The molecule has 0 aliphatic carbocycles. The van der Waals surface area contributed by atoms with Crippen molar-refractivity contribution in [2.75, 3.05) is 6.54 Å². The van der Waals surface area contributed by atoms with Gasteiger partial charge in [0.2, 0.25) is 0 Å². The molecule has 0 bridgehead atoms. The third kappa shape index (κ3) is 3.57. The molecule has 1 amide bonds. The van der Waals surface area contributed by atoms with Crippen LogP contribution in [0.2, 0.25) is 0 Å². The van der Waals surface area contributed by atoms with Crippen LogP contribution in [0.1, 0.15) is 43.9 Å². The lowest BCUT2D eigenvalue weighted by Gasteiger charge is -2.16. The molecule has 102 valence electrons. The summed E-state index contributed by atoms with van der Waals surface area (Å²) in [4.78, 5) is 12.1. The van der Waals surface area contributed by atoms with Gasteiger partial charge in [-0.1, -0.05) is 20.8 Å². The molecule has 5 nitrogen and oxygen atoms in total. The van der Waals surface area contributed by atoms with Gasteiger partial charge in [-0.2, -0.15) is 5.10 Å². The number of amides is 1. The molecule has 1 heterocycles. The number of hydrogen-bond acceptors (Lipinski definition) is 3. The van der Waals surface area contributed by atoms with E-state index in [1.807, 2.05) is 33.8 Å². The largest absolute Gasteiger partial charge is 0.349 e. The van der Waals surface area contributed by atoms with Crippen molar-refractivity contribution in [1.29, 1.82) is 0 Å². The fraction of sp³-hybridized carbons (Fsp3) is 0.692. The molecular weight excluding hydrogens is 228 g/mol. The average Bonchev–Trinajstić information content (AvgIpc) is 2.78. The lowest BCUT2D eigenvalue weighted by Crippen LogP contribution is -2.40. The van der Waals surface area contributed by atoms with Crippen molar-refractivity contribution in [3.05, 3.63) is 17.5 Å². The smallest absolute Gasteiger partial charge is 0.269 e. The van der Waals surface area contributed by atoms with Gasteiger partial charge in [0.25, 0.3) is 5.91 Å². The zero-order valence-corrected chi connectivity index (χ0v) is 11.7. The van der Waals surface area contributed by atoms with Gasteiger partial charge in [0, 0.05) is 19.1 Å². The van der Waals surface area contributed by atoms with Crippen LogP contribution in [0, 0.1) is 5.92 Å². The topological polar surface area (TPSA) is 72.9 Å². The molecule has 0 aliphatic rings. The summed E-state index contributed by atoms with van der Waals surface area (Å²) in [7, 11) is 0. The van der Waals surface area contributed by atoms with E-state index >= 15 is 0 Å². The second kappa shape index (κ2) is 6.54. The Kier molecular flexibility index (Phi) is 5.34. The molecule has 0 aromatic carbocycles. The highest BCUT2D eigenvalue weighted by atomic mass is 16.2. The van der Waals surface area contributed by atoms with E-state index in [0.717, 1.165) is 12.1 Å². The number of nitrogens with zero attached hydrogens (tertiary/aromatic N) is 2. The summed E-state index contributed by atoms with van der Waals surface area (Å²) in [6.07, 6.45) is 0.832. The SMILES string of the molecule is CCc1cc(C(=O)NCC(N)C(C)C)n(CC)n1. The first-order valence-electron chi connectivity index (χ1n) is 6.60. The van der Waals surface area contributed by atoms with E-state index in [1.165, 1.54) is 0 Å². The monoisotopic (exact) mass is 252 g/mol. The molecule has 5 heteroatoms. The van der Waals surface area contributed by atoms with Crippen LogP contribution in [0.5, 0.6) is 0 Å². The maximum absolute atomic E-state index is 12.1. The second-order valence-corrected chi connectivity index (χ2v) is 4.81. The first-order chi connectivity index (χ1) is 8.49. The molecule has 1 aromatic heterocycles. The number of aryl methyl sites for hydroxylation is 2. The van der Waals surface area contributed by atoms with E-state index < -0.39 is 0 Å². The lowest BCUT2D eigenvalue weighted by atomic mass is 10.1. The zero-order valence-electron chi connectivity index (χ0n) is 11.7. The Hall–Kier alpha value is -1.36. The van der Waals surface area contributed by atoms with Crippen molar-refractivity contribution < 1.29 is 4.79 Å². The molecule has 0 saturated carbocycles. The van der Waals surface area contributed by atoms with Gasteiger partial charge in [0.15, 0.2) is 0 Å². The van der Waals surface area contributed by atoms with Crippen LogP contribution in [0.15, 0.2) is 6.07 Å². The van der Waals surface area contributed by atoms with E-state index in [0.29, 0.717) is 24.7 Å². The van der Waals surface area contributed by atoms with Crippen LogP contribution in [0.25, 0.3) is 0 Å². The van der Waals surface area contributed by atoms with Crippen LogP contribution in [-0.4, -0.2) is 28.3 Å². The van der Waals surface area contributed by atoms with E-state index in [9.17, 15) is 4.79 Å². The fourth-order valence-electron chi connectivity index (χ4n) is 1.60. The van der Waals surface area contributed by atoms with Gasteiger partial charge in [-0.05, 0) is 25.3 Å². The van der Waals surface area contributed by atoms with Gasteiger partial charge in [0.1, 0.15) is 5.69 Å². The molecule has 1 aromatic rings. The Morgan fingerprint density at radius 3 is 2.67 bits per heavy atom. The van der Waals surface area contributed by atoms with Gasteiger partial charge < -0.3 is 11.1 Å². The number of hydrogen-bond donors (Lipinski definition) is 2. The predicted molar refractivity (Wildman–Crippen MR) is 72.4 cm³/mol. The maximum Gasteiger partial charge on any atom is 0.269 e. The van der Waals surface area contributed by atoms with Crippen LogP contribution in [0.4, 0.5) is 0 Å². The summed E-state index contributed by atoms with van der Waals surface area (Å²) in [6.45, 7) is 9.28. The maximum atomic E-state index is 12.1. The Morgan fingerprint density at radius 2 is 2.17 bits per heavy atom. The van der Waals surface area contributed by atoms with Crippen molar-refractivity contribution in [1.82, 2.24) is 15.1 Å². The molecule has 1 rings (SSSR count). The highest BCUT2D eigenvalue weighted by Gasteiger charge is 2.15. The minimum absolute atomic E-state index is 0.0161. The Morgan fingerprint density at radius 1 is 1.50 bits per heavy atom. The van der Waals surface area contributed by atoms with Gasteiger partial charge in [-0.3, -0.25) is 9.48 Å². The molecule has 1 unspecified atom stereocenters. The normalized spacial score (nSPS) is 12.8. The number of nitrogens with one attached hydrogen (secondary N) is 1. The van der Waals surface area contributed by atoms with Crippen molar-refractivity contribution in [3.63, 3.8) is 0 Å². The quantitative estimate of drug-likeness (QED) is 0.798. The molecule has 1 atom stereocenters. The summed E-state index contributed by atoms with van der Waals surface area (Å²) in [5, 5.41) is 7.22. The van der Waals surface area contributed by atoms with E-state index in [4.69, 9.17) is 5.73 Å². The molecule has 0 radical (unpaired) electrons. The Labute approximate surface area is 109 Å². The van der Waals surface area contributed by atoms with E-state index in [-0.39, 0.29) is 11.9 Å². The van der Waals surface area contributed by atoms with Crippen molar-refractivity contribution in [3.8, 4) is 0 Å². The first-order valence-corrected chi connectivity index (χ1v) is 6.60. The van der Waals surface area contributed by atoms with Crippen LogP contribution < -0.4 is 11.1 Å². The number of carbonyl (C=O) groups is 1. The molecule has 18 heavy (non-hydrogen) atoms. The van der Waals surface area contributed by atoms with Crippen LogP contribution >= 0.6 is 0 Å². The van der Waals surface area contributed by atoms with Crippen molar-refractivity contribution in [2.24, 2.45) is 11.7 Å². The predicted octanol–water partition coefficient (Wildman–Crippen LogP) is 1.18. The molecule has 0 aliphatic heterocycles. The number of rotatable bonds is 6. The lowest BCUT2D eigenvalue weighted by molar-refractivity contribution is 0.0938. The summed E-state index contributed by atoms with van der Waals surface area (Å²) < 4.78 is 1.73. The minimum Gasteiger partial charge on any atom is -0.349 e. The third-order valence-corrected chi connectivity index (χ3v) is 3.08. The third-order valence-electron chi connectivity index (χ3n) is 3.08. The summed E-state index contributed by atoms with van der Waals surface area (Å²) >= 11 is 0. The molecule has 0 spiro atoms. The number of aromatic nitrogens is 2. The van der Waals surface area contributed by atoms with E-state index in [1.54, 1.807) is 4.68 Å². The standard InChI is InChI=1S/C13H24N4O/c1-5-10-7-12(17(6-2)16-10)13(18)15-8-11(14)9(3)4/h7,9,11H,5-6,8,14H2,1-4H3,(H,15,18). The highest BCUT2D eigenvalue weighted by molar-refractivity contribution is 5.92. The number of carbonyl (C=O) groups excluding carboxylic acids is 1. The molecule has 3 N–H and O–H groups in total. The van der Waals surface area contributed by atoms with Crippen molar-refractivity contribution >= 4 is 5.91 Å². The van der Waals surface area contributed by atoms with Crippen molar-refractivity contribution in [2.45, 2.75) is 46.7 Å². The highest BCUT2D eigenvalue weighted by Crippen LogP contribution is 2.06. The van der Waals surface area contributed by atoms with Gasteiger partial charge in [-0.15, -0.1) is 0 Å². The second-order valence-electron chi connectivity index (χ2n) is 4.81. The van der Waals surface area contributed by atoms with Gasteiger partial charge in [-0.25, -0.2) is 0 Å². The molecular formula is C13H24N4O. The zero-order chi connectivity index (χ0) is 13.7. The fourth-order valence-corrected chi connectivity index (χ4v) is 1.60. The van der Waals surface area contributed by atoms with Gasteiger partial charge in [0.05, 0.1) is 5.69 Å². The minimum atomic E-state index is -0.0971. The average molecular weight is 252 g/mol. The summed E-state index contributed by atoms with van der Waals surface area (Å²) in [5.74, 6) is 0.257. The summed E-state index contributed by atoms with van der Waals surface area (Å²) in [5.41, 5.74) is 7.46. The Balaban J connectivity index is 2.69. The van der Waals surface area contributed by atoms with Crippen LogP contribution in [-0.2, 0) is 13.0 Å². The van der Waals surface area contributed by atoms with Gasteiger partial charge >= 0.3 is 0 Å². The molecule has 0 fully saturated rings. The van der Waals surface area contributed by atoms with Crippen LogP contribution in [0.3, 0.4) is 0 Å². The summed E-state index contributed by atoms with van der Waals surface area (Å²) in [6, 6.07) is 1.83. The molecule has 0 saturated heterocycles. The first kappa shape index (κ1) is 14.7. The van der Waals surface area contributed by atoms with E-state index in [2.05, 4.69) is 10.4 Å².